The molecule has 1 aromatic rings. The zero-order valence-electron chi connectivity index (χ0n) is 19.1. The maximum absolute atomic E-state index is 13.0. The number of thioether (sulfide) groups is 1. The first-order chi connectivity index (χ1) is 16.0. The van der Waals surface area contributed by atoms with Crippen molar-refractivity contribution in [3.8, 4) is 11.5 Å². The number of esters is 1. The molecular formula is C23H27N3O6S. The van der Waals surface area contributed by atoms with E-state index in [4.69, 9.17) is 18.9 Å². The summed E-state index contributed by atoms with van der Waals surface area (Å²) in [5.74, 6) is 0.729. The van der Waals surface area contributed by atoms with Gasteiger partial charge in [0.05, 0.1) is 58.3 Å². The molecule has 0 N–H and O–H groups in total. The van der Waals surface area contributed by atoms with E-state index in [0.717, 1.165) is 11.3 Å². The number of carbonyl (C=O) groups excluding carboxylic acids is 2. The molecule has 0 radical (unpaired) electrons. The van der Waals surface area contributed by atoms with Crippen molar-refractivity contribution < 1.29 is 28.5 Å². The minimum atomic E-state index is -0.565. The molecule has 1 unspecified atom stereocenters. The van der Waals surface area contributed by atoms with Crippen molar-refractivity contribution in [2.24, 2.45) is 4.99 Å². The Labute approximate surface area is 197 Å². The summed E-state index contributed by atoms with van der Waals surface area (Å²) in [5, 5.41) is 2.63. The maximum atomic E-state index is 13.0. The van der Waals surface area contributed by atoms with Gasteiger partial charge in [-0.05, 0) is 24.5 Å². The first-order valence-electron chi connectivity index (χ1n) is 10.6. The predicted octanol–water partition coefficient (Wildman–Crippen LogP) is 2.70. The first kappa shape index (κ1) is 23.2. The highest BCUT2D eigenvalue weighted by Crippen LogP contribution is 2.47. The van der Waals surface area contributed by atoms with Crippen molar-refractivity contribution in [1.82, 2.24) is 9.80 Å². The summed E-state index contributed by atoms with van der Waals surface area (Å²) in [5.41, 5.74) is 2.49. The van der Waals surface area contributed by atoms with Gasteiger partial charge in [0.25, 0.3) is 0 Å². The molecule has 0 saturated carbocycles. The van der Waals surface area contributed by atoms with Crippen LogP contribution < -0.4 is 9.47 Å². The van der Waals surface area contributed by atoms with Crippen LogP contribution >= 0.6 is 11.8 Å². The van der Waals surface area contributed by atoms with E-state index in [2.05, 4.69) is 4.99 Å². The lowest BCUT2D eigenvalue weighted by atomic mass is 9.93. The van der Waals surface area contributed by atoms with Crippen LogP contribution in [-0.2, 0) is 19.1 Å². The standard InChI is InChI=1S/C23H27N3O6S/c1-14-20(22(28)31-4)21(17-6-5-16(29-2)12-18(17)30-3)26-15(13-33-23(26)24-14)11-19(27)25-7-9-32-10-8-25/h5-6,12-13,21H,7-11H2,1-4H3. The van der Waals surface area contributed by atoms with Crippen LogP contribution in [0, 0.1) is 0 Å². The summed E-state index contributed by atoms with van der Waals surface area (Å²) in [6.45, 7) is 4.01. The molecule has 4 rings (SSSR count). The summed E-state index contributed by atoms with van der Waals surface area (Å²) >= 11 is 1.43. The van der Waals surface area contributed by atoms with Crippen LogP contribution in [0.15, 0.2) is 45.6 Å². The van der Waals surface area contributed by atoms with E-state index in [9.17, 15) is 9.59 Å². The van der Waals surface area contributed by atoms with Crippen LogP contribution in [0.5, 0.6) is 11.5 Å². The van der Waals surface area contributed by atoms with Gasteiger partial charge in [-0.25, -0.2) is 9.79 Å². The Kier molecular flexibility index (Phi) is 6.94. The Morgan fingerprint density at radius 1 is 1.18 bits per heavy atom. The molecule has 0 spiro atoms. The quantitative estimate of drug-likeness (QED) is 0.583. The second-order valence-electron chi connectivity index (χ2n) is 7.66. The van der Waals surface area contributed by atoms with Crippen LogP contribution in [-0.4, -0.2) is 74.5 Å². The van der Waals surface area contributed by atoms with Crippen molar-refractivity contribution >= 4 is 28.8 Å². The number of fused-ring (bicyclic) bond motifs is 1. The van der Waals surface area contributed by atoms with Gasteiger partial charge in [-0.1, -0.05) is 11.8 Å². The van der Waals surface area contributed by atoms with Gasteiger partial charge in [0.15, 0.2) is 5.17 Å². The van der Waals surface area contributed by atoms with E-state index in [1.165, 1.54) is 18.9 Å². The molecule has 10 heteroatoms. The van der Waals surface area contributed by atoms with Gasteiger partial charge in [-0.15, -0.1) is 0 Å². The van der Waals surface area contributed by atoms with Gasteiger partial charge in [-0.3, -0.25) is 4.79 Å². The lowest BCUT2D eigenvalue weighted by Gasteiger charge is -2.37. The summed E-state index contributed by atoms with van der Waals surface area (Å²) in [6.07, 6.45) is 0.189. The normalized spacial score (nSPS) is 20.2. The van der Waals surface area contributed by atoms with Gasteiger partial charge >= 0.3 is 5.97 Å². The number of methoxy groups -OCH3 is 3. The highest BCUT2D eigenvalue weighted by Gasteiger charge is 2.42. The number of amides is 1. The average molecular weight is 474 g/mol. The van der Waals surface area contributed by atoms with E-state index >= 15 is 0 Å². The number of nitrogens with zero attached hydrogens (tertiary/aromatic N) is 3. The largest absolute Gasteiger partial charge is 0.497 e. The van der Waals surface area contributed by atoms with Gasteiger partial charge < -0.3 is 28.7 Å². The SMILES string of the molecule is COC(=O)C1=C(C)N=C2SC=C(CC(=O)N3CCOCC3)N2C1c1ccc(OC)cc1OC. The van der Waals surface area contributed by atoms with Crippen LogP contribution in [0.3, 0.4) is 0 Å². The summed E-state index contributed by atoms with van der Waals surface area (Å²) in [7, 11) is 4.50. The van der Waals surface area contributed by atoms with E-state index in [1.54, 1.807) is 32.1 Å². The molecular weight excluding hydrogens is 446 g/mol. The third-order valence-corrected chi connectivity index (χ3v) is 6.73. The topological polar surface area (TPSA) is 89.9 Å². The molecule has 176 valence electrons. The zero-order chi connectivity index (χ0) is 23.5. The zero-order valence-corrected chi connectivity index (χ0v) is 19.9. The highest BCUT2D eigenvalue weighted by molar-refractivity contribution is 8.16. The van der Waals surface area contributed by atoms with Crippen molar-refractivity contribution in [2.75, 3.05) is 47.6 Å². The lowest BCUT2D eigenvalue weighted by Crippen LogP contribution is -2.42. The Morgan fingerprint density at radius 3 is 2.61 bits per heavy atom. The lowest BCUT2D eigenvalue weighted by molar-refractivity contribution is -0.136. The Balaban J connectivity index is 1.75. The fraction of sp³-hybridized carbons (Fsp3) is 0.435. The molecule has 0 bridgehead atoms. The van der Waals surface area contributed by atoms with Crippen LogP contribution in [0.1, 0.15) is 24.9 Å². The van der Waals surface area contributed by atoms with Gasteiger partial charge in [-0.2, -0.15) is 0 Å². The third kappa shape index (κ3) is 4.45. The number of aliphatic imine (C=N–C) groups is 1. The molecule has 1 amide bonds. The number of morpholine rings is 1. The van der Waals surface area contributed by atoms with Crippen molar-refractivity contribution in [3.63, 3.8) is 0 Å². The number of hydrogen-bond donors (Lipinski definition) is 0. The van der Waals surface area contributed by atoms with Crippen molar-refractivity contribution in [2.45, 2.75) is 19.4 Å². The number of ether oxygens (including phenoxy) is 4. The maximum Gasteiger partial charge on any atom is 0.338 e. The minimum absolute atomic E-state index is 0.0118. The number of carbonyl (C=O) groups is 2. The molecule has 1 saturated heterocycles. The smallest absolute Gasteiger partial charge is 0.338 e. The number of allylic oxidation sites excluding steroid dienone is 1. The molecule has 1 atom stereocenters. The van der Waals surface area contributed by atoms with Crippen LogP contribution in [0.25, 0.3) is 0 Å². The number of hydrogen-bond acceptors (Lipinski definition) is 9. The van der Waals surface area contributed by atoms with Crippen molar-refractivity contribution in [3.05, 3.63) is 46.1 Å². The van der Waals surface area contributed by atoms with Gasteiger partial charge in [0.1, 0.15) is 11.5 Å². The fourth-order valence-corrected chi connectivity index (χ4v) is 5.12. The number of rotatable bonds is 6. The highest BCUT2D eigenvalue weighted by atomic mass is 32.2. The number of benzene rings is 1. The second kappa shape index (κ2) is 9.88. The molecule has 0 aliphatic carbocycles. The predicted molar refractivity (Wildman–Crippen MR) is 124 cm³/mol. The second-order valence-corrected chi connectivity index (χ2v) is 8.50. The van der Waals surface area contributed by atoms with E-state index < -0.39 is 12.0 Å². The third-order valence-electron chi connectivity index (χ3n) is 5.84. The number of amidine groups is 1. The van der Waals surface area contributed by atoms with E-state index in [0.29, 0.717) is 54.2 Å². The molecule has 1 fully saturated rings. The summed E-state index contributed by atoms with van der Waals surface area (Å²) in [4.78, 5) is 34.3. The Morgan fingerprint density at radius 2 is 1.94 bits per heavy atom. The van der Waals surface area contributed by atoms with Crippen LogP contribution in [0.4, 0.5) is 0 Å². The molecule has 3 heterocycles. The molecule has 1 aromatic carbocycles. The Hall–Kier alpha value is -2.98. The fourth-order valence-electron chi connectivity index (χ4n) is 4.16. The molecule has 9 nitrogen and oxygen atoms in total. The minimum Gasteiger partial charge on any atom is -0.497 e. The molecule has 0 aromatic heterocycles. The van der Waals surface area contributed by atoms with E-state index in [1.807, 2.05) is 22.4 Å². The van der Waals surface area contributed by atoms with Crippen molar-refractivity contribution in [1.29, 1.82) is 0 Å². The summed E-state index contributed by atoms with van der Waals surface area (Å²) in [6, 6.07) is 4.89. The van der Waals surface area contributed by atoms with Gasteiger partial charge in [0.2, 0.25) is 5.91 Å². The molecule has 3 aliphatic rings. The van der Waals surface area contributed by atoms with Gasteiger partial charge in [0, 0.05) is 30.4 Å². The molecule has 33 heavy (non-hydrogen) atoms. The van der Waals surface area contributed by atoms with E-state index in [-0.39, 0.29) is 12.3 Å². The Bertz CT molecular complexity index is 1040. The average Bonchev–Trinajstić information content (AvgIpc) is 3.24. The molecule has 3 aliphatic heterocycles. The van der Waals surface area contributed by atoms with Crippen LogP contribution in [0.2, 0.25) is 0 Å². The monoisotopic (exact) mass is 473 g/mol. The first-order valence-corrected chi connectivity index (χ1v) is 11.5. The summed E-state index contributed by atoms with van der Waals surface area (Å²) < 4.78 is 21.5.